The van der Waals surface area contributed by atoms with Crippen LogP contribution in [0.25, 0.3) is 22.5 Å². The standard InChI is InChI=1S/C21H21N5O3/c1-13-7-8-16-19(24-14-5-4-6-15(11-14)28-3)17(12-22-20(16)23-13)21-25-18(26-29-21)9-10-27-2/h4-8,11-12H,9-10H2,1-3H3,(H,22,23,24). The van der Waals surface area contributed by atoms with Crippen molar-refractivity contribution >= 4 is 22.4 Å². The molecule has 29 heavy (non-hydrogen) atoms. The van der Waals surface area contributed by atoms with Crippen molar-refractivity contribution in [3.05, 3.63) is 54.1 Å². The van der Waals surface area contributed by atoms with Gasteiger partial charge >= 0.3 is 0 Å². The van der Waals surface area contributed by atoms with Crippen molar-refractivity contribution in [3.8, 4) is 17.2 Å². The maximum absolute atomic E-state index is 5.50. The van der Waals surface area contributed by atoms with Gasteiger partial charge in [-0.1, -0.05) is 11.2 Å². The first-order chi connectivity index (χ1) is 14.2. The van der Waals surface area contributed by atoms with Gasteiger partial charge in [0.05, 0.1) is 25.0 Å². The van der Waals surface area contributed by atoms with Crippen molar-refractivity contribution in [1.82, 2.24) is 20.1 Å². The van der Waals surface area contributed by atoms with Crippen LogP contribution < -0.4 is 10.1 Å². The molecule has 4 rings (SSSR count). The number of nitrogens with one attached hydrogen (secondary N) is 1. The summed E-state index contributed by atoms with van der Waals surface area (Å²) in [5.74, 6) is 1.72. The minimum Gasteiger partial charge on any atom is -0.497 e. The fourth-order valence-corrected chi connectivity index (χ4v) is 2.97. The fraction of sp³-hybridized carbons (Fsp3) is 0.238. The smallest absolute Gasteiger partial charge is 0.261 e. The van der Waals surface area contributed by atoms with E-state index in [0.29, 0.717) is 36.0 Å². The number of aryl methyl sites for hydroxylation is 1. The Bertz CT molecular complexity index is 1140. The van der Waals surface area contributed by atoms with Crippen LogP contribution in [0.2, 0.25) is 0 Å². The van der Waals surface area contributed by atoms with Crippen LogP contribution in [0.5, 0.6) is 5.75 Å². The summed E-state index contributed by atoms with van der Waals surface area (Å²) in [5, 5.41) is 8.34. The largest absolute Gasteiger partial charge is 0.497 e. The lowest BCUT2D eigenvalue weighted by Crippen LogP contribution is -1.99. The molecule has 0 radical (unpaired) electrons. The van der Waals surface area contributed by atoms with Crippen molar-refractivity contribution in [3.63, 3.8) is 0 Å². The molecule has 0 aliphatic heterocycles. The van der Waals surface area contributed by atoms with Gasteiger partial charge < -0.3 is 19.3 Å². The van der Waals surface area contributed by atoms with Crippen molar-refractivity contribution in [2.24, 2.45) is 0 Å². The SMILES string of the molecule is COCCc1noc(-c2cnc3nc(C)ccc3c2Nc2cccc(OC)c2)n1. The van der Waals surface area contributed by atoms with Crippen LogP contribution >= 0.6 is 0 Å². The maximum Gasteiger partial charge on any atom is 0.261 e. The molecule has 0 fully saturated rings. The van der Waals surface area contributed by atoms with Crippen LogP contribution in [0.3, 0.4) is 0 Å². The summed E-state index contributed by atoms with van der Waals surface area (Å²) in [4.78, 5) is 13.5. The Morgan fingerprint density at radius 1 is 1.10 bits per heavy atom. The van der Waals surface area contributed by atoms with Crippen molar-refractivity contribution in [2.75, 3.05) is 26.1 Å². The molecule has 1 aromatic carbocycles. The Kier molecular flexibility index (Phi) is 5.35. The van der Waals surface area contributed by atoms with Gasteiger partial charge in [-0.15, -0.1) is 0 Å². The molecule has 3 aromatic heterocycles. The third-order valence-electron chi connectivity index (χ3n) is 4.44. The van der Waals surface area contributed by atoms with E-state index in [4.69, 9.17) is 14.0 Å². The second-order valence-electron chi connectivity index (χ2n) is 6.49. The lowest BCUT2D eigenvalue weighted by molar-refractivity contribution is 0.199. The van der Waals surface area contributed by atoms with Crippen LogP contribution in [-0.4, -0.2) is 40.9 Å². The molecule has 8 heteroatoms. The molecule has 3 heterocycles. The molecule has 0 unspecified atom stereocenters. The van der Waals surface area contributed by atoms with Gasteiger partial charge in [0.1, 0.15) is 5.75 Å². The molecule has 0 bridgehead atoms. The summed E-state index contributed by atoms with van der Waals surface area (Å²) in [6.45, 7) is 2.46. The van der Waals surface area contributed by atoms with Gasteiger partial charge in [-0.05, 0) is 31.2 Å². The number of ether oxygens (including phenoxy) is 2. The van der Waals surface area contributed by atoms with Crippen molar-refractivity contribution in [2.45, 2.75) is 13.3 Å². The van der Waals surface area contributed by atoms with E-state index in [9.17, 15) is 0 Å². The van der Waals surface area contributed by atoms with E-state index in [1.165, 1.54) is 0 Å². The molecule has 4 aromatic rings. The number of hydrogen-bond acceptors (Lipinski definition) is 8. The lowest BCUT2D eigenvalue weighted by Gasteiger charge is -2.13. The van der Waals surface area contributed by atoms with Gasteiger partial charge in [0.15, 0.2) is 11.5 Å². The van der Waals surface area contributed by atoms with Gasteiger partial charge in [0.25, 0.3) is 5.89 Å². The normalized spacial score (nSPS) is 11.0. The number of benzene rings is 1. The first kappa shape index (κ1) is 18.8. The zero-order chi connectivity index (χ0) is 20.2. The lowest BCUT2D eigenvalue weighted by atomic mass is 10.1. The summed E-state index contributed by atoms with van der Waals surface area (Å²) in [6.07, 6.45) is 2.27. The van der Waals surface area contributed by atoms with Crippen LogP contribution in [0.4, 0.5) is 11.4 Å². The van der Waals surface area contributed by atoms with Gasteiger partial charge in [-0.3, -0.25) is 0 Å². The molecule has 0 saturated carbocycles. The zero-order valence-electron chi connectivity index (χ0n) is 16.5. The Morgan fingerprint density at radius 3 is 2.83 bits per heavy atom. The van der Waals surface area contributed by atoms with Crippen molar-refractivity contribution in [1.29, 1.82) is 0 Å². The quantitative estimate of drug-likeness (QED) is 0.506. The van der Waals surface area contributed by atoms with Gasteiger partial charge in [0.2, 0.25) is 0 Å². The number of hydrogen-bond donors (Lipinski definition) is 1. The fourth-order valence-electron chi connectivity index (χ4n) is 2.97. The Balaban J connectivity index is 1.82. The third kappa shape index (κ3) is 4.02. The summed E-state index contributed by atoms with van der Waals surface area (Å²) in [6, 6.07) is 11.6. The molecule has 148 valence electrons. The Morgan fingerprint density at radius 2 is 2.00 bits per heavy atom. The minimum absolute atomic E-state index is 0.386. The monoisotopic (exact) mass is 391 g/mol. The average molecular weight is 391 g/mol. The van der Waals surface area contributed by atoms with E-state index in [0.717, 1.165) is 28.2 Å². The van der Waals surface area contributed by atoms with E-state index in [1.807, 2.05) is 43.3 Å². The number of aromatic nitrogens is 4. The number of methoxy groups -OCH3 is 2. The Hall–Kier alpha value is -3.52. The van der Waals surface area contributed by atoms with Gasteiger partial charge in [0, 0.05) is 42.6 Å². The minimum atomic E-state index is 0.386. The second-order valence-corrected chi connectivity index (χ2v) is 6.49. The second kappa shape index (κ2) is 8.24. The van der Waals surface area contributed by atoms with E-state index >= 15 is 0 Å². The average Bonchev–Trinajstić information content (AvgIpc) is 3.21. The van der Waals surface area contributed by atoms with E-state index in [-0.39, 0.29) is 0 Å². The van der Waals surface area contributed by atoms with Gasteiger partial charge in [-0.2, -0.15) is 4.98 Å². The molecule has 1 N–H and O–H groups in total. The molecule has 8 nitrogen and oxygen atoms in total. The molecule has 0 atom stereocenters. The predicted octanol–water partition coefficient (Wildman–Crippen LogP) is 3.93. The number of anilines is 2. The van der Waals surface area contributed by atoms with Crippen LogP contribution in [0.1, 0.15) is 11.5 Å². The molecule has 0 aliphatic carbocycles. The van der Waals surface area contributed by atoms with E-state index < -0.39 is 0 Å². The highest BCUT2D eigenvalue weighted by atomic mass is 16.5. The van der Waals surface area contributed by atoms with Crippen LogP contribution in [0.15, 0.2) is 47.1 Å². The van der Waals surface area contributed by atoms with Crippen LogP contribution in [-0.2, 0) is 11.2 Å². The number of nitrogens with zero attached hydrogens (tertiary/aromatic N) is 4. The number of rotatable bonds is 7. The van der Waals surface area contributed by atoms with E-state index in [1.54, 1.807) is 20.4 Å². The first-order valence-corrected chi connectivity index (χ1v) is 9.17. The van der Waals surface area contributed by atoms with Crippen molar-refractivity contribution < 1.29 is 14.0 Å². The summed E-state index contributed by atoms with van der Waals surface area (Å²) in [7, 11) is 3.28. The number of pyridine rings is 2. The molecule has 0 saturated heterocycles. The molecule has 0 aliphatic rings. The highest BCUT2D eigenvalue weighted by Crippen LogP contribution is 2.35. The topological polar surface area (TPSA) is 95.2 Å². The molecule has 0 amide bonds. The molecular weight excluding hydrogens is 370 g/mol. The van der Waals surface area contributed by atoms with Crippen LogP contribution in [0, 0.1) is 6.92 Å². The van der Waals surface area contributed by atoms with Gasteiger partial charge in [-0.25, -0.2) is 9.97 Å². The highest BCUT2D eigenvalue weighted by molar-refractivity contribution is 5.98. The first-order valence-electron chi connectivity index (χ1n) is 9.17. The highest BCUT2D eigenvalue weighted by Gasteiger charge is 2.18. The molecular formula is C21H21N5O3. The maximum atomic E-state index is 5.50. The summed E-state index contributed by atoms with van der Waals surface area (Å²) in [5.41, 5.74) is 3.88. The number of fused-ring (bicyclic) bond motifs is 1. The molecule has 0 spiro atoms. The Labute approximate surface area is 167 Å². The summed E-state index contributed by atoms with van der Waals surface area (Å²) < 4.78 is 15.9. The van der Waals surface area contributed by atoms with E-state index in [2.05, 4.69) is 25.4 Å². The third-order valence-corrected chi connectivity index (χ3v) is 4.44. The predicted molar refractivity (Wildman–Crippen MR) is 109 cm³/mol. The zero-order valence-corrected chi connectivity index (χ0v) is 16.5. The summed E-state index contributed by atoms with van der Waals surface area (Å²) >= 11 is 0.